The average Bonchev–Trinajstić information content (AvgIpc) is 2.64. The van der Waals surface area contributed by atoms with E-state index in [0.717, 1.165) is 18.3 Å². The number of aliphatic imine (C=N–C) groups is 1. The zero-order valence-corrected chi connectivity index (χ0v) is 11.0. The van der Waals surface area contributed by atoms with Crippen molar-refractivity contribution in [2.45, 2.75) is 44.5 Å². The molecule has 0 aromatic carbocycles. The molecule has 1 rings (SSSR count). The maximum absolute atomic E-state index is 5.35. The van der Waals surface area contributed by atoms with Crippen molar-refractivity contribution < 1.29 is 4.74 Å². The van der Waals surface area contributed by atoms with E-state index in [1.807, 2.05) is 11.8 Å². The Bertz CT molecular complexity index is 229. The highest BCUT2D eigenvalue weighted by molar-refractivity contribution is 8.14. The monoisotopic (exact) mass is 230 g/mol. The predicted octanol–water partition coefficient (Wildman–Crippen LogP) is 2.27. The van der Waals surface area contributed by atoms with Crippen molar-refractivity contribution in [3.8, 4) is 0 Å². The standard InChI is InChI=1S/C11H22N2OS/c1-5-6-9-7-12-10(15-9)13-8-11(2,3)14-4/h9H,5-8H2,1-4H3,(H,12,13). The second-order valence-corrected chi connectivity index (χ2v) is 5.78. The minimum atomic E-state index is -0.119. The van der Waals surface area contributed by atoms with Crippen LogP contribution in [0.1, 0.15) is 33.6 Å². The molecule has 0 amide bonds. The lowest BCUT2D eigenvalue weighted by Crippen LogP contribution is -2.38. The average molecular weight is 230 g/mol. The summed E-state index contributed by atoms with van der Waals surface area (Å²) in [5, 5.41) is 5.11. The van der Waals surface area contributed by atoms with Gasteiger partial charge >= 0.3 is 0 Å². The summed E-state index contributed by atoms with van der Waals surface area (Å²) >= 11 is 1.87. The van der Waals surface area contributed by atoms with Crippen molar-refractivity contribution in [3.05, 3.63) is 0 Å². The first-order chi connectivity index (χ1) is 7.07. The molecule has 1 N–H and O–H groups in total. The highest BCUT2D eigenvalue weighted by Crippen LogP contribution is 2.23. The summed E-state index contributed by atoms with van der Waals surface area (Å²) < 4.78 is 5.35. The Kier molecular flexibility index (Phi) is 4.93. The van der Waals surface area contributed by atoms with E-state index in [2.05, 4.69) is 31.1 Å². The van der Waals surface area contributed by atoms with Crippen LogP contribution < -0.4 is 5.32 Å². The maximum atomic E-state index is 5.35. The second-order valence-electron chi connectivity index (χ2n) is 4.49. The van der Waals surface area contributed by atoms with Gasteiger partial charge in [-0.05, 0) is 20.3 Å². The van der Waals surface area contributed by atoms with Crippen molar-refractivity contribution in [2.24, 2.45) is 4.99 Å². The lowest BCUT2D eigenvalue weighted by atomic mass is 10.1. The van der Waals surface area contributed by atoms with Gasteiger partial charge in [0.25, 0.3) is 0 Å². The fourth-order valence-electron chi connectivity index (χ4n) is 1.35. The third-order valence-electron chi connectivity index (χ3n) is 2.55. The Morgan fingerprint density at radius 2 is 2.33 bits per heavy atom. The van der Waals surface area contributed by atoms with E-state index in [9.17, 15) is 0 Å². The van der Waals surface area contributed by atoms with Gasteiger partial charge in [-0.1, -0.05) is 25.1 Å². The molecule has 1 unspecified atom stereocenters. The molecule has 0 radical (unpaired) electrons. The minimum absolute atomic E-state index is 0.119. The molecule has 1 atom stereocenters. The molecule has 88 valence electrons. The Hall–Kier alpha value is -0.220. The fourth-order valence-corrected chi connectivity index (χ4v) is 2.47. The number of nitrogens with zero attached hydrogens (tertiary/aromatic N) is 1. The van der Waals surface area contributed by atoms with Crippen molar-refractivity contribution in [1.82, 2.24) is 5.32 Å². The highest BCUT2D eigenvalue weighted by atomic mass is 32.2. The van der Waals surface area contributed by atoms with Gasteiger partial charge in [0.2, 0.25) is 0 Å². The van der Waals surface area contributed by atoms with E-state index < -0.39 is 0 Å². The van der Waals surface area contributed by atoms with E-state index in [1.165, 1.54) is 12.8 Å². The van der Waals surface area contributed by atoms with Gasteiger partial charge in [0, 0.05) is 18.9 Å². The smallest absolute Gasteiger partial charge is 0.157 e. The van der Waals surface area contributed by atoms with Crippen LogP contribution in [-0.4, -0.2) is 36.2 Å². The van der Waals surface area contributed by atoms with Crippen molar-refractivity contribution in [2.75, 3.05) is 20.2 Å². The number of hydrogen-bond acceptors (Lipinski definition) is 4. The Labute approximate surface area is 97.1 Å². The van der Waals surface area contributed by atoms with Crippen LogP contribution in [0.5, 0.6) is 0 Å². The number of rotatable bonds is 5. The molecular weight excluding hydrogens is 208 g/mol. The van der Waals surface area contributed by atoms with Crippen LogP contribution in [0.15, 0.2) is 4.99 Å². The molecule has 0 saturated carbocycles. The molecule has 0 aliphatic carbocycles. The fraction of sp³-hybridized carbons (Fsp3) is 0.909. The molecule has 0 spiro atoms. The molecule has 1 aliphatic rings. The summed E-state index contributed by atoms with van der Waals surface area (Å²) in [7, 11) is 1.74. The maximum Gasteiger partial charge on any atom is 0.157 e. The van der Waals surface area contributed by atoms with Crippen molar-refractivity contribution in [1.29, 1.82) is 0 Å². The van der Waals surface area contributed by atoms with Crippen molar-refractivity contribution >= 4 is 16.9 Å². The van der Waals surface area contributed by atoms with E-state index in [0.29, 0.717) is 5.25 Å². The number of amidine groups is 1. The Balaban J connectivity index is 2.24. The number of thioether (sulfide) groups is 1. The quantitative estimate of drug-likeness (QED) is 0.786. The summed E-state index contributed by atoms with van der Waals surface area (Å²) in [6.07, 6.45) is 2.50. The van der Waals surface area contributed by atoms with Crippen LogP contribution in [0, 0.1) is 0 Å². The van der Waals surface area contributed by atoms with Crippen LogP contribution in [0.25, 0.3) is 0 Å². The lowest BCUT2D eigenvalue weighted by molar-refractivity contribution is 0.0271. The summed E-state index contributed by atoms with van der Waals surface area (Å²) in [5.74, 6) is 0. The Morgan fingerprint density at radius 1 is 1.60 bits per heavy atom. The topological polar surface area (TPSA) is 33.6 Å². The molecule has 1 heterocycles. The molecule has 15 heavy (non-hydrogen) atoms. The first-order valence-electron chi connectivity index (χ1n) is 5.57. The highest BCUT2D eigenvalue weighted by Gasteiger charge is 2.21. The van der Waals surface area contributed by atoms with Crippen LogP contribution in [0.4, 0.5) is 0 Å². The number of hydrogen-bond donors (Lipinski definition) is 1. The normalized spacial score (nSPS) is 21.6. The molecule has 0 saturated heterocycles. The van der Waals surface area contributed by atoms with Gasteiger partial charge < -0.3 is 10.1 Å². The molecule has 4 heteroatoms. The van der Waals surface area contributed by atoms with E-state index in [-0.39, 0.29) is 5.60 Å². The SMILES string of the molecule is CCCC1CN=C(NCC(C)(C)OC)S1. The number of nitrogens with one attached hydrogen (secondary N) is 1. The molecule has 0 fully saturated rings. The molecule has 3 nitrogen and oxygen atoms in total. The molecular formula is C11H22N2OS. The molecule has 1 aliphatic heterocycles. The zero-order chi connectivity index (χ0) is 11.3. The summed E-state index contributed by atoms with van der Waals surface area (Å²) in [4.78, 5) is 4.49. The van der Waals surface area contributed by atoms with Gasteiger partial charge in [0.1, 0.15) is 0 Å². The second kappa shape index (κ2) is 5.75. The van der Waals surface area contributed by atoms with Crippen LogP contribution >= 0.6 is 11.8 Å². The summed E-state index contributed by atoms with van der Waals surface area (Å²) in [6.45, 7) is 8.15. The Morgan fingerprint density at radius 3 is 2.93 bits per heavy atom. The van der Waals surface area contributed by atoms with Gasteiger partial charge in [0.05, 0.1) is 12.1 Å². The largest absolute Gasteiger partial charge is 0.377 e. The van der Waals surface area contributed by atoms with E-state index in [1.54, 1.807) is 7.11 Å². The first-order valence-corrected chi connectivity index (χ1v) is 6.45. The predicted molar refractivity (Wildman–Crippen MR) is 67.7 cm³/mol. The van der Waals surface area contributed by atoms with Crippen LogP contribution in [0.2, 0.25) is 0 Å². The van der Waals surface area contributed by atoms with Gasteiger partial charge in [-0.15, -0.1) is 0 Å². The number of methoxy groups -OCH3 is 1. The van der Waals surface area contributed by atoms with E-state index >= 15 is 0 Å². The third-order valence-corrected chi connectivity index (χ3v) is 3.76. The summed E-state index contributed by atoms with van der Waals surface area (Å²) in [6, 6.07) is 0. The lowest BCUT2D eigenvalue weighted by Gasteiger charge is -2.23. The van der Waals surface area contributed by atoms with Crippen molar-refractivity contribution in [3.63, 3.8) is 0 Å². The molecule has 0 aromatic rings. The van der Waals surface area contributed by atoms with Gasteiger partial charge in [-0.2, -0.15) is 0 Å². The van der Waals surface area contributed by atoms with Crippen LogP contribution in [0.3, 0.4) is 0 Å². The van der Waals surface area contributed by atoms with Gasteiger partial charge in [0.15, 0.2) is 5.17 Å². The van der Waals surface area contributed by atoms with Gasteiger partial charge in [-0.3, -0.25) is 4.99 Å². The summed E-state index contributed by atoms with van der Waals surface area (Å²) in [5.41, 5.74) is -0.119. The third kappa shape index (κ3) is 4.43. The zero-order valence-electron chi connectivity index (χ0n) is 10.2. The first kappa shape index (κ1) is 12.8. The van der Waals surface area contributed by atoms with Gasteiger partial charge in [-0.25, -0.2) is 0 Å². The number of ether oxygens (including phenoxy) is 1. The van der Waals surface area contributed by atoms with Crippen LogP contribution in [-0.2, 0) is 4.74 Å². The minimum Gasteiger partial charge on any atom is -0.377 e. The van der Waals surface area contributed by atoms with E-state index in [4.69, 9.17) is 4.74 Å². The molecule has 0 aromatic heterocycles. The molecule has 0 bridgehead atoms.